The third-order valence-electron chi connectivity index (χ3n) is 5.83. The highest BCUT2D eigenvalue weighted by atomic mass is 35.5. The van der Waals surface area contributed by atoms with Gasteiger partial charge in [-0.1, -0.05) is 30.3 Å². The first-order valence-electron chi connectivity index (χ1n) is 10.4. The van der Waals surface area contributed by atoms with E-state index in [2.05, 4.69) is 22.0 Å². The molecule has 0 saturated carbocycles. The summed E-state index contributed by atoms with van der Waals surface area (Å²) >= 11 is 0. The molecule has 0 aliphatic carbocycles. The van der Waals surface area contributed by atoms with Gasteiger partial charge in [0.15, 0.2) is 0 Å². The predicted octanol–water partition coefficient (Wildman–Crippen LogP) is 4.03. The minimum atomic E-state index is -0.256. The van der Waals surface area contributed by atoms with Gasteiger partial charge in [-0.25, -0.2) is 4.79 Å². The van der Waals surface area contributed by atoms with Crippen LogP contribution in [0.1, 0.15) is 30.4 Å². The number of rotatable bonds is 5. The third-order valence-corrected chi connectivity index (χ3v) is 5.83. The number of halogens is 1. The molecule has 3 N–H and O–H groups in total. The van der Waals surface area contributed by atoms with Crippen molar-refractivity contribution in [2.45, 2.75) is 32.2 Å². The van der Waals surface area contributed by atoms with Crippen molar-refractivity contribution in [1.82, 2.24) is 10.2 Å². The van der Waals surface area contributed by atoms with Crippen molar-refractivity contribution >= 4 is 35.7 Å². The number of anilines is 2. The van der Waals surface area contributed by atoms with Crippen LogP contribution < -0.4 is 16.0 Å². The number of urea groups is 1. The van der Waals surface area contributed by atoms with Crippen LogP contribution >= 0.6 is 12.4 Å². The molecule has 1 fully saturated rings. The Balaban J connectivity index is 0.00000256. The molecule has 160 valence electrons. The highest BCUT2D eigenvalue weighted by Crippen LogP contribution is 2.27. The van der Waals surface area contributed by atoms with Crippen molar-refractivity contribution in [1.29, 1.82) is 0 Å². The molecule has 30 heavy (non-hydrogen) atoms. The van der Waals surface area contributed by atoms with Crippen LogP contribution in [-0.4, -0.2) is 36.5 Å². The molecule has 0 radical (unpaired) electrons. The number of benzene rings is 2. The second kappa shape index (κ2) is 10.5. The first-order chi connectivity index (χ1) is 14.2. The summed E-state index contributed by atoms with van der Waals surface area (Å²) in [6.45, 7) is 3.43. The molecule has 4 rings (SSSR count). The predicted molar refractivity (Wildman–Crippen MR) is 122 cm³/mol. The van der Waals surface area contributed by atoms with Crippen LogP contribution in [0, 0.1) is 5.92 Å². The maximum absolute atomic E-state index is 12.7. The highest BCUT2D eigenvalue weighted by molar-refractivity contribution is 6.00. The van der Waals surface area contributed by atoms with Crippen molar-refractivity contribution in [3.63, 3.8) is 0 Å². The van der Waals surface area contributed by atoms with E-state index in [0.29, 0.717) is 25.4 Å². The van der Waals surface area contributed by atoms with Crippen LogP contribution in [0.2, 0.25) is 0 Å². The van der Waals surface area contributed by atoms with Crippen molar-refractivity contribution in [3.8, 4) is 0 Å². The average Bonchev–Trinajstić information content (AvgIpc) is 3.26. The molecule has 2 aliphatic heterocycles. The van der Waals surface area contributed by atoms with Crippen LogP contribution in [0.5, 0.6) is 0 Å². The van der Waals surface area contributed by atoms with E-state index in [0.717, 1.165) is 48.4 Å². The van der Waals surface area contributed by atoms with Gasteiger partial charge in [0.25, 0.3) is 0 Å². The summed E-state index contributed by atoms with van der Waals surface area (Å²) in [6.07, 6.45) is 3.53. The van der Waals surface area contributed by atoms with Crippen molar-refractivity contribution in [3.05, 3.63) is 59.7 Å². The molecule has 2 aromatic carbocycles. The normalized spacial score (nSPS) is 17.6. The second-order valence-electron chi connectivity index (χ2n) is 7.85. The molecule has 2 heterocycles. The topological polar surface area (TPSA) is 73.5 Å². The standard InChI is InChI=1S/C23H28N4O2.ClH/c28-22(10-9-17-11-13-24-15-17)27-14-12-20-18(16-27)5-4-8-21(20)26-23(29)25-19-6-2-1-3-7-19;/h1-8,17,24H,9-16H2,(H2,25,26,29);1H. The van der Waals surface area contributed by atoms with Crippen molar-refractivity contribution < 1.29 is 9.59 Å². The smallest absolute Gasteiger partial charge is 0.323 e. The van der Waals surface area contributed by atoms with E-state index in [1.165, 1.54) is 6.42 Å². The van der Waals surface area contributed by atoms with Gasteiger partial charge in [0.2, 0.25) is 5.91 Å². The number of carbonyl (C=O) groups excluding carboxylic acids is 2. The molecule has 0 spiro atoms. The zero-order valence-corrected chi connectivity index (χ0v) is 17.8. The molecule has 0 aromatic heterocycles. The summed E-state index contributed by atoms with van der Waals surface area (Å²) in [4.78, 5) is 27.0. The maximum atomic E-state index is 12.7. The van der Waals surface area contributed by atoms with Gasteiger partial charge < -0.3 is 20.9 Å². The third kappa shape index (κ3) is 5.52. The number of hydrogen-bond donors (Lipinski definition) is 3. The highest BCUT2D eigenvalue weighted by Gasteiger charge is 2.24. The quantitative estimate of drug-likeness (QED) is 0.673. The van der Waals surface area contributed by atoms with Gasteiger partial charge in [0.05, 0.1) is 0 Å². The molecule has 1 unspecified atom stereocenters. The number of nitrogens with one attached hydrogen (secondary N) is 3. The monoisotopic (exact) mass is 428 g/mol. The lowest BCUT2D eigenvalue weighted by atomic mass is 9.96. The molecular weight excluding hydrogens is 400 g/mol. The van der Waals surface area contributed by atoms with E-state index in [1.807, 2.05) is 47.4 Å². The average molecular weight is 429 g/mol. The van der Waals surface area contributed by atoms with E-state index >= 15 is 0 Å². The fraction of sp³-hybridized carbons (Fsp3) is 0.391. The summed E-state index contributed by atoms with van der Waals surface area (Å²) in [5.74, 6) is 0.873. The Hall–Kier alpha value is -2.57. The second-order valence-corrected chi connectivity index (χ2v) is 7.85. The van der Waals surface area contributed by atoms with E-state index in [1.54, 1.807) is 0 Å². The van der Waals surface area contributed by atoms with E-state index < -0.39 is 0 Å². The number of carbonyl (C=O) groups is 2. The van der Waals surface area contributed by atoms with Crippen LogP contribution in [0.25, 0.3) is 0 Å². The van der Waals surface area contributed by atoms with Crippen molar-refractivity contribution in [2.75, 3.05) is 30.3 Å². The first-order valence-corrected chi connectivity index (χ1v) is 10.4. The summed E-state index contributed by atoms with van der Waals surface area (Å²) in [7, 11) is 0. The lowest BCUT2D eigenvalue weighted by molar-refractivity contribution is -0.132. The number of hydrogen-bond acceptors (Lipinski definition) is 3. The number of para-hydroxylation sites is 1. The summed E-state index contributed by atoms with van der Waals surface area (Å²) in [5.41, 5.74) is 3.81. The molecule has 1 atom stereocenters. The van der Waals surface area contributed by atoms with Crippen LogP contribution in [0.3, 0.4) is 0 Å². The number of amides is 3. The SMILES string of the molecule is Cl.O=C(Nc1ccccc1)Nc1cccc2c1CCN(C(=O)CCC1CCNC1)C2. The lowest BCUT2D eigenvalue weighted by Crippen LogP contribution is -2.36. The molecule has 1 saturated heterocycles. The maximum Gasteiger partial charge on any atom is 0.323 e. The van der Waals surface area contributed by atoms with Crippen molar-refractivity contribution in [2.24, 2.45) is 5.92 Å². The number of nitrogens with zero attached hydrogens (tertiary/aromatic N) is 1. The molecular formula is C23H29ClN4O2. The summed E-state index contributed by atoms with van der Waals surface area (Å²) < 4.78 is 0. The fourth-order valence-corrected chi connectivity index (χ4v) is 4.19. The largest absolute Gasteiger partial charge is 0.338 e. The summed E-state index contributed by atoms with van der Waals surface area (Å²) in [6, 6.07) is 15.0. The van der Waals surface area contributed by atoms with E-state index in [-0.39, 0.29) is 24.3 Å². The van der Waals surface area contributed by atoms with Gasteiger partial charge >= 0.3 is 6.03 Å². The van der Waals surface area contributed by atoms with E-state index in [4.69, 9.17) is 0 Å². The fourth-order valence-electron chi connectivity index (χ4n) is 4.19. The molecule has 6 nitrogen and oxygen atoms in total. The Labute approximate surface area is 183 Å². The van der Waals surface area contributed by atoms with Gasteiger partial charge in [-0.15, -0.1) is 12.4 Å². The Kier molecular flexibility index (Phi) is 7.71. The van der Waals surface area contributed by atoms with Crippen LogP contribution in [0.4, 0.5) is 16.2 Å². The van der Waals surface area contributed by atoms with Gasteiger partial charge in [0.1, 0.15) is 0 Å². The van der Waals surface area contributed by atoms with Gasteiger partial charge in [-0.3, -0.25) is 4.79 Å². The number of fused-ring (bicyclic) bond motifs is 1. The van der Waals surface area contributed by atoms with Crippen LogP contribution in [0.15, 0.2) is 48.5 Å². The molecule has 0 bridgehead atoms. The molecule has 2 aromatic rings. The lowest BCUT2D eigenvalue weighted by Gasteiger charge is -2.30. The minimum Gasteiger partial charge on any atom is -0.338 e. The van der Waals surface area contributed by atoms with Gasteiger partial charge in [-0.2, -0.15) is 0 Å². The van der Waals surface area contributed by atoms with Gasteiger partial charge in [-0.05, 0) is 67.6 Å². The minimum absolute atomic E-state index is 0. The molecule has 2 aliphatic rings. The van der Waals surface area contributed by atoms with Gasteiger partial charge in [0, 0.05) is 30.9 Å². The first kappa shape index (κ1) is 22.1. The Morgan fingerprint density at radius 2 is 1.90 bits per heavy atom. The molecule has 3 amide bonds. The Morgan fingerprint density at radius 3 is 2.67 bits per heavy atom. The Bertz CT molecular complexity index is 869. The van der Waals surface area contributed by atoms with Crippen LogP contribution in [-0.2, 0) is 17.8 Å². The molecule has 7 heteroatoms. The summed E-state index contributed by atoms with van der Waals surface area (Å²) in [5, 5.41) is 9.17. The zero-order chi connectivity index (χ0) is 20.1. The zero-order valence-electron chi connectivity index (χ0n) is 17.0. The van der Waals surface area contributed by atoms with E-state index in [9.17, 15) is 9.59 Å². The Morgan fingerprint density at radius 1 is 1.07 bits per heavy atom.